The van der Waals surface area contributed by atoms with Gasteiger partial charge < -0.3 is 15.0 Å². The Morgan fingerprint density at radius 2 is 2.24 bits per heavy atom. The lowest BCUT2D eigenvalue weighted by atomic mass is 10.1. The lowest BCUT2D eigenvalue weighted by Crippen LogP contribution is -2.06. The zero-order valence-corrected chi connectivity index (χ0v) is 10.1. The van der Waals surface area contributed by atoms with Gasteiger partial charge in [-0.1, -0.05) is 11.6 Å². The molecule has 0 atom stereocenters. The monoisotopic (exact) mass is 232 g/mol. The number of benzene rings is 1. The Morgan fingerprint density at radius 3 is 3.00 bits per heavy atom. The molecular weight excluding hydrogens is 216 g/mol. The van der Waals surface area contributed by atoms with E-state index in [-0.39, 0.29) is 0 Å². The van der Waals surface area contributed by atoms with Gasteiger partial charge in [0, 0.05) is 24.9 Å². The fourth-order valence-corrected chi connectivity index (χ4v) is 1.68. The quantitative estimate of drug-likeness (QED) is 0.811. The van der Waals surface area contributed by atoms with E-state index in [1.165, 1.54) is 0 Å². The zero-order valence-electron chi connectivity index (χ0n) is 10.1. The Kier molecular flexibility index (Phi) is 3.39. The molecule has 0 bridgehead atoms. The van der Waals surface area contributed by atoms with Gasteiger partial charge in [0.15, 0.2) is 5.82 Å². The number of hydrogen-bond donors (Lipinski definition) is 1. The number of rotatable bonds is 4. The maximum atomic E-state index is 5.97. The number of nitrogen functional groups attached to an aromatic ring is 1. The summed E-state index contributed by atoms with van der Waals surface area (Å²) in [5.41, 5.74) is 8.74. The van der Waals surface area contributed by atoms with Gasteiger partial charge in [-0.3, -0.25) is 0 Å². The molecule has 0 aliphatic carbocycles. The molecule has 1 aromatic heterocycles. The van der Waals surface area contributed by atoms with E-state index in [1.54, 1.807) is 13.4 Å². The molecule has 0 amide bonds. The first kappa shape index (κ1) is 11.6. The van der Waals surface area contributed by atoms with Gasteiger partial charge >= 0.3 is 0 Å². The lowest BCUT2D eigenvalue weighted by Gasteiger charge is -2.08. The highest BCUT2D eigenvalue weighted by molar-refractivity contribution is 5.72. The number of aromatic nitrogens is 3. The normalized spacial score (nSPS) is 10.7. The first-order chi connectivity index (χ1) is 8.22. The molecule has 1 aromatic carbocycles. The van der Waals surface area contributed by atoms with E-state index in [2.05, 4.69) is 10.2 Å². The predicted octanol–water partition coefficient (Wildman–Crippen LogP) is 1.48. The molecule has 5 heteroatoms. The summed E-state index contributed by atoms with van der Waals surface area (Å²) in [4.78, 5) is 0. The highest BCUT2D eigenvalue weighted by atomic mass is 16.5. The van der Waals surface area contributed by atoms with Gasteiger partial charge in [0.25, 0.3) is 0 Å². The molecular formula is C12H16N4O. The smallest absolute Gasteiger partial charge is 0.165 e. The van der Waals surface area contributed by atoms with Crippen LogP contribution < -0.4 is 5.73 Å². The highest BCUT2D eigenvalue weighted by Crippen LogP contribution is 2.24. The summed E-state index contributed by atoms with van der Waals surface area (Å²) in [5, 5.41) is 8.04. The zero-order chi connectivity index (χ0) is 12.3. The van der Waals surface area contributed by atoms with Gasteiger partial charge in [-0.15, -0.1) is 10.2 Å². The molecule has 2 rings (SSSR count). The van der Waals surface area contributed by atoms with Gasteiger partial charge in [0.1, 0.15) is 6.33 Å². The minimum absolute atomic E-state index is 0.622. The molecule has 0 radical (unpaired) electrons. The summed E-state index contributed by atoms with van der Waals surface area (Å²) in [6.45, 7) is 3.36. The van der Waals surface area contributed by atoms with Crippen molar-refractivity contribution in [3.63, 3.8) is 0 Å². The second kappa shape index (κ2) is 4.97. The molecule has 0 spiro atoms. The van der Waals surface area contributed by atoms with Crippen molar-refractivity contribution in [1.29, 1.82) is 0 Å². The Balaban J connectivity index is 2.38. The van der Waals surface area contributed by atoms with Crippen LogP contribution in [-0.4, -0.2) is 28.5 Å². The van der Waals surface area contributed by atoms with Crippen LogP contribution in [0.5, 0.6) is 0 Å². The first-order valence-electron chi connectivity index (χ1n) is 5.45. The van der Waals surface area contributed by atoms with Gasteiger partial charge in [-0.25, -0.2) is 0 Å². The number of aryl methyl sites for hydroxylation is 1. The molecule has 0 saturated carbocycles. The molecule has 0 aliphatic heterocycles. The summed E-state index contributed by atoms with van der Waals surface area (Å²) in [6, 6.07) is 5.89. The summed E-state index contributed by atoms with van der Waals surface area (Å²) in [7, 11) is 1.67. The van der Waals surface area contributed by atoms with E-state index in [0.717, 1.165) is 17.0 Å². The topological polar surface area (TPSA) is 66.0 Å². The third-order valence-electron chi connectivity index (χ3n) is 2.60. The van der Waals surface area contributed by atoms with E-state index < -0.39 is 0 Å². The Bertz CT molecular complexity index is 507. The van der Waals surface area contributed by atoms with Crippen LogP contribution in [0.1, 0.15) is 5.56 Å². The molecule has 0 unspecified atom stereocenters. The van der Waals surface area contributed by atoms with Crippen LogP contribution in [-0.2, 0) is 11.3 Å². The number of methoxy groups -OCH3 is 1. The van der Waals surface area contributed by atoms with Crippen LogP contribution in [0.25, 0.3) is 11.4 Å². The van der Waals surface area contributed by atoms with E-state index in [1.807, 2.05) is 29.7 Å². The van der Waals surface area contributed by atoms with Crippen LogP contribution in [0.4, 0.5) is 5.69 Å². The average molecular weight is 232 g/mol. The fourth-order valence-electron chi connectivity index (χ4n) is 1.68. The van der Waals surface area contributed by atoms with Gasteiger partial charge in [-0.05, 0) is 19.1 Å². The van der Waals surface area contributed by atoms with E-state index in [4.69, 9.17) is 10.5 Å². The van der Waals surface area contributed by atoms with Crippen molar-refractivity contribution in [1.82, 2.24) is 14.8 Å². The van der Waals surface area contributed by atoms with Crippen LogP contribution in [0.15, 0.2) is 24.5 Å². The van der Waals surface area contributed by atoms with Crippen molar-refractivity contribution in [2.75, 3.05) is 19.5 Å². The van der Waals surface area contributed by atoms with Gasteiger partial charge in [0.05, 0.1) is 6.61 Å². The predicted molar refractivity (Wildman–Crippen MR) is 66.5 cm³/mol. The molecule has 0 fully saturated rings. The summed E-state index contributed by atoms with van der Waals surface area (Å²) < 4.78 is 6.99. The van der Waals surface area contributed by atoms with E-state index in [9.17, 15) is 0 Å². The van der Waals surface area contributed by atoms with Crippen molar-refractivity contribution in [2.45, 2.75) is 13.5 Å². The second-order valence-corrected chi connectivity index (χ2v) is 3.93. The standard InChI is InChI=1S/C12H16N4O/c1-9-3-4-11(13)10(7-9)12-15-14-8-16(12)5-6-17-2/h3-4,7-8H,5-6,13H2,1-2H3. The molecule has 17 heavy (non-hydrogen) atoms. The molecule has 5 nitrogen and oxygen atoms in total. The molecule has 0 aliphatic rings. The lowest BCUT2D eigenvalue weighted by molar-refractivity contribution is 0.187. The van der Waals surface area contributed by atoms with E-state index >= 15 is 0 Å². The van der Waals surface area contributed by atoms with Crippen molar-refractivity contribution in [3.05, 3.63) is 30.1 Å². The van der Waals surface area contributed by atoms with Crippen molar-refractivity contribution < 1.29 is 4.74 Å². The van der Waals surface area contributed by atoms with Crippen LogP contribution in [0.3, 0.4) is 0 Å². The molecule has 2 aromatic rings. The summed E-state index contributed by atoms with van der Waals surface area (Å²) in [5.74, 6) is 0.781. The number of ether oxygens (including phenoxy) is 1. The van der Waals surface area contributed by atoms with Crippen molar-refractivity contribution in [3.8, 4) is 11.4 Å². The van der Waals surface area contributed by atoms with Crippen LogP contribution in [0, 0.1) is 6.92 Å². The Hall–Kier alpha value is -1.88. The first-order valence-corrected chi connectivity index (χ1v) is 5.45. The number of hydrogen-bond acceptors (Lipinski definition) is 4. The van der Waals surface area contributed by atoms with Crippen molar-refractivity contribution in [2.24, 2.45) is 0 Å². The number of nitrogens with zero attached hydrogens (tertiary/aromatic N) is 3. The number of nitrogens with two attached hydrogens (primary N) is 1. The van der Waals surface area contributed by atoms with Crippen LogP contribution >= 0.6 is 0 Å². The molecule has 2 N–H and O–H groups in total. The minimum atomic E-state index is 0.622. The Labute approximate surface area is 100 Å². The maximum Gasteiger partial charge on any atom is 0.165 e. The summed E-state index contributed by atoms with van der Waals surface area (Å²) >= 11 is 0. The largest absolute Gasteiger partial charge is 0.398 e. The molecule has 1 heterocycles. The van der Waals surface area contributed by atoms with Gasteiger partial charge in [-0.2, -0.15) is 0 Å². The van der Waals surface area contributed by atoms with Crippen LogP contribution in [0.2, 0.25) is 0 Å². The number of anilines is 1. The fraction of sp³-hybridized carbons (Fsp3) is 0.333. The third-order valence-corrected chi connectivity index (χ3v) is 2.60. The van der Waals surface area contributed by atoms with Gasteiger partial charge in [0.2, 0.25) is 0 Å². The average Bonchev–Trinajstić information content (AvgIpc) is 2.77. The summed E-state index contributed by atoms with van der Waals surface area (Å²) in [6.07, 6.45) is 1.69. The molecule has 0 saturated heterocycles. The minimum Gasteiger partial charge on any atom is -0.398 e. The van der Waals surface area contributed by atoms with Crippen molar-refractivity contribution >= 4 is 5.69 Å². The maximum absolute atomic E-state index is 5.97. The second-order valence-electron chi connectivity index (χ2n) is 3.93. The van der Waals surface area contributed by atoms with E-state index in [0.29, 0.717) is 18.8 Å². The third kappa shape index (κ3) is 2.45. The molecule has 90 valence electrons. The highest BCUT2D eigenvalue weighted by Gasteiger charge is 2.10. The Morgan fingerprint density at radius 1 is 1.41 bits per heavy atom. The SMILES string of the molecule is COCCn1cnnc1-c1cc(C)ccc1N.